The summed E-state index contributed by atoms with van der Waals surface area (Å²) < 4.78 is 25.4. The summed E-state index contributed by atoms with van der Waals surface area (Å²) in [5, 5.41) is 3.90. The summed E-state index contributed by atoms with van der Waals surface area (Å²) in [6.45, 7) is 1.28. The molecule has 1 N–H and O–H groups in total. The van der Waals surface area contributed by atoms with Gasteiger partial charge in [-0.15, -0.1) is 0 Å². The average Bonchev–Trinajstić information content (AvgIpc) is 2.79. The molecule has 0 aromatic heterocycles. The zero-order valence-electron chi connectivity index (χ0n) is 16.9. The Balaban J connectivity index is 1.36. The first kappa shape index (κ1) is 18.9. The molecule has 4 heteroatoms. The summed E-state index contributed by atoms with van der Waals surface area (Å²) in [4.78, 5) is 0. The van der Waals surface area contributed by atoms with E-state index in [0.717, 1.165) is 30.3 Å². The first-order valence-electron chi connectivity index (χ1n) is 11.2. The van der Waals surface area contributed by atoms with Gasteiger partial charge in [-0.2, -0.15) is 0 Å². The minimum Gasteiger partial charge on any atom is -0.489 e. The van der Waals surface area contributed by atoms with Crippen LogP contribution in [0.4, 0.5) is 10.1 Å². The van der Waals surface area contributed by atoms with E-state index in [1.54, 1.807) is 12.1 Å². The second-order valence-electron chi connectivity index (χ2n) is 8.83. The first-order chi connectivity index (χ1) is 14.3. The maximum Gasteiger partial charge on any atom is 0.123 e. The quantitative estimate of drug-likeness (QED) is 0.664. The third-order valence-electron chi connectivity index (χ3n) is 6.96. The van der Waals surface area contributed by atoms with Crippen LogP contribution >= 0.6 is 0 Å². The molecule has 1 aliphatic carbocycles. The minimum absolute atomic E-state index is 0.168. The number of ether oxygens (including phenoxy) is 2. The van der Waals surface area contributed by atoms with Crippen LogP contribution in [0.15, 0.2) is 42.5 Å². The van der Waals surface area contributed by atoms with Crippen molar-refractivity contribution in [2.45, 2.75) is 63.7 Å². The number of rotatable bonds is 4. The van der Waals surface area contributed by atoms with Crippen LogP contribution in [0.2, 0.25) is 0 Å². The van der Waals surface area contributed by atoms with Crippen molar-refractivity contribution >= 4 is 5.69 Å². The van der Waals surface area contributed by atoms with E-state index in [4.69, 9.17) is 9.47 Å². The highest BCUT2D eigenvalue weighted by molar-refractivity contribution is 5.58. The standard InChI is InChI=1S/C25H30FNO2/c26-19-10-8-17(9-11-19)16-29-20-12-13-23-22(15-20)25-21(7-4-14-28-25)24(27-23)18-5-2-1-3-6-18/h8-13,15,18,21,24-25,27H,1-7,14,16H2/t21-,24-,25-/m0/s1. The van der Waals surface area contributed by atoms with E-state index in [0.29, 0.717) is 18.6 Å². The third kappa shape index (κ3) is 4.00. The molecule has 1 saturated carbocycles. The highest BCUT2D eigenvalue weighted by atomic mass is 19.1. The van der Waals surface area contributed by atoms with Gasteiger partial charge in [-0.25, -0.2) is 4.39 Å². The van der Waals surface area contributed by atoms with Gasteiger partial charge in [0.15, 0.2) is 0 Å². The molecule has 3 atom stereocenters. The number of anilines is 1. The number of hydrogen-bond acceptors (Lipinski definition) is 3. The average molecular weight is 396 g/mol. The normalized spacial score (nSPS) is 26.9. The van der Waals surface area contributed by atoms with Crippen LogP contribution in [0.1, 0.15) is 62.2 Å². The largest absolute Gasteiger partial charge is 0.489 e. The van der Waals surface area contributed by atoms with Crippen molar-refractivity contribution in [2.24, 2.45) is 11.8 Å². The van der Waals surface area contributed by atoms with E-state index in [2.05, 4.69) is 17.4 Å². The van der Waals surface area contributed by atoms with Crippen LogP contribution in [-0.2, 0) is 11.3 Å². The monoisotopic (exact) mass is 395 g/mol. The molecule has 2 fully saturated rings. The molecule has 29 heavy (non-hydrogen) atoms. The van der Waals surface area contributed by atoms with Crippen molar-refractivity contribution in [3.8, 4) is 5.75 Å². The maximum absolute atomic E-state index is 13.1. The molecule has 0 bridgehead atoms. The van der Waals surface area contributed by atoms with Gasteiger partial charge in [0.25, 0.3) is 0 Å². The smallest absolute Gasteiger partial charge is 0.123 e. The molecular formula is C25H30FNO2. The summed E-state index contributed by atoms with van der Waals surface area (Å²) in [5.74, 6) is 1.94. The molecule has 2 heterocycles. The van der Waals surface area contributed by atoms with Gasteiger partial charge in [0.2, 0.25) is 0 Å². The molecule has 0 spiro atoms. The SMILES string of the molecule is Fc1ccc(COc2ccc3c(c2)[C@H]2OCCC[C@H]2[C@H](C2CCCCC2)N3)cc1. The van der Waals surface area contributed by atoms with E-state index in [-0.39, 0.29) is 11.9 Å². The lowest BCUT2D eigenvalue weighted by molar-refractivity contribution is -0.0459. The van der Waals surface area contributed by atoms with Crippen molar-refractivity contribution in [1.82, 2.24) is 0 Å². The summed E-state index contributed by atoms with van der Waals surface area (Å²) in [7, 11) is 0. The molecule has 154 valence electrons. The van der Waals surface area contributed by atoms with Gasteiger partial charge in [-0.3, -0.25) is 0 Å². The number of benzene rings is 2. The zero-order chi connectivity index (χ0) is 19.6. The minimum atomic E-state index is -0.221. The molecule has 3 aliphatic rings. The van der Waals surface area contributed by atoms with Crippen molar-refractivity contribution in [3.05, 3.63) is 59.4 Å². The maximum atomic E-state index is 13.1. The topological polar surface area (TPSA) is 30.5 Å². The Morgan fingerprint density at radius 1 is 0.966 bits per heavy atom. The van der Waals surface area contributed by atoms with E-state index in [1.165, 1.54) is 61.9 Å². The summed E-state index contributed by atoms with van der Waals surface area (Å²) in [6.07, 6.45) is 9.36. The van der Waals surface area contributed by atoms with Crippen molar-refractivity contribution in [2.75, 3.05) is 11.9 Å². The molecule has 2 aliphatic heterocycles. The predicted octanol–water partition coefficient (Wildman–Crippen LogP) is 6.25. The van der Waals surface area contributed by atoms with Crippen molar-refractivity contribution in [3.63, 3.8) is 0 Å². The van der Waals surface area contributed by atoms with E-state index in [9.17, 15) is 4.39 Å². The molecule has 3 nitrogen and oxygen atoms in total. The van der Waals surface area contributed by atoms with Gasteiger partial charge >= 0.3 is 0 Å². The molecule has 0 amide bonds. The Labute approximate surface area is 172 Å². The highest BCUT2D eigenvalue weighted by Gasteiger charge is 2.42. The van der Waals surface area contributed by atoms with E-state index in [1.807, 2.05) is 6.07 Å². The lowest BCUT2D eigenvalue weighted by Gasteiger charge is -2.47. The number of fused-ring (bicyclic) bond motifs is 3. The molecule has 5 rings (SSSR count). The van der Waals surface area contributed by atoms with Gasteiger partial charge in [0, 0.05) is 29.8 Å². The summed E-state index contributed by atoms with van der Waals surface area (Å²) >= 11 is 0. The molecule has 2 aromatic carbocycles. The van der Waals surface area contributed by atoms with E-state index >= 15 is 0 Å². The molecule has 2 aromatic rings. The molecular weight excluding hydrogens is 365 g/mol. The van der Waals surface area contributed by atoms with Crippen LogP contribution in [-0.4, -0.2) is 12.6 Å². The zero-order valence-corrected chi connectivity index (χ0v) is 16.9. The van der Waals surface area contributed by atoms with Crippen LogP contribution in [0.3, 0.4) is 0 Å². The van der Waals surface area contributed by atoms with Gasteiger partial charge in [0.1, 0.15) is 18.2 Å². The molecule has 1 saturated heterocycles. The Kier molecular flexibility index (Phi) is 5.45. The Bertz CT molecular complexity index is 831. The fourth-order valence-electron chi connectivity index (χ4n) is 5.48. The van der Waals surface area contributed by atoms with Crippen LogP contribution < -0.4 is 10.1 Å². The Hall–Kier alpha value is -2.07. The second kappa shape index (κ2) is 8.35. The van der Waals surface area contributed by atoms with Crippen LogP contribution in [0.25, 0.3) is 0 Å². The fourth-order valence-corrected chi connectivity index (χ4v) is 5.48. The van der Waals surface area contributed by atoms with E-state index < -0.39 is 0 Å². The predicted molar refractivity (Wildman–Crippen MR) is 113 cm³/mol. The lowest BCUT2D eigenvalue weighted by Crippen LogP contribution is -2.46. The van der Waals surface area contributed by atoms with Crippen molar-refractivity contribution < 1.29 is 13.9 Å². The van der Waals surface area contributed by atoms with Gasteiger partial charge in [-0.05, 0) is 67.5 Å². The van der Waals surface area contributed by atoms with Crippen molar-refractivity contribution in [1.29, 1.82) is 0 Å². The molecule has 0 unspecified atom stereocenters. The van der Waals surface area contributed by atoms with Crippen LogP contribution in [0, 0.1) is 17.7 Å². The third-order valence-corrected chi connectivity index (χ3v) is 6.96. The summed E-state index contributed by atoms with van der Waals surface area (Å²) in [6, 6.07) is 13.3. The molecule has 0 radical (unpaired) electrons. The van der Waals surface area contributed by atoms with Gasteiger partial charge in [0.05, 0.1) is 6.10 Å². The van der Waals surface area contributed by atoms with Gasteiger partial charge in [-0.1, -0.05) is 31.4 Å². The Morgan fingerprint density at radius 3 is 2.62 bits per heavy atom. The lowest BCUT2D eigenvalue weighted by atomic mass is 9.71. The number of hydrogen-bond donors (Lipinski definition) is 1. The Morgan fingerprint density at radius 2 is 1.79 bits per heavy atom. The fraction of sp³-hybridized carbons (Fsp3) is 0.520. The highest BCUT2D eigenvalue weighted by Crippen LogP contribution is 2.48. The first-order valence-corrected chi connectivity index (χ1v) is 11.2. The second-order valence-corrected chi connectivity index (χ2v) is 8.83. The summed E-state index contributed by atoms with van der Waals surface area (Å²) in [5.41, 5.74) is 3.41. The van der Waals surface area contributed by atoms with Crippen LogP contribution in [0.5, 0.6) is 5.75 Å². The van der Waals surface area contributed by atoms with Gasteiger partial charge < -0.3 is 14.8 Å². The number of nitrogens with one attached hydrogen (secondary N) is 1. The number of halogens is 1.